The molecule has 1 atom stereocenters. The lowest BCUT2D eigenvalue weighted by Crippen LogP contribution is -2.35. The number of rotatable bonds is 7. The van der Waals surface area contributed by atoms with Gasteiger partial charge in [-0.15, -0.1) is 0 Å². The van der Waals surface area contributed by atoms with Gasteiger partial charge in [-0.25, -0.2) is 4.98 Å². The topological polar surface area (TPSA) is 34.1 Å². The van der Waals surface area contributed by atoms with Gasteiger partial charge in [0.2, 0.25) is 5.88 Å². The summed E-state index contributed by atoms with van der Waals surface area (Å²) in [5.74, 6) is 1.06. The maximum atomic E-state index is 6.22. The molecule has 1 rings (SSSR count). The van der Waals surface area contributed by atoms with Crippen molar-refractivity contribution in [2.24, 2.45) is 5.92 Å². The Balaban J connectivity index is 2.55. The van der Waals surface area contributed by atoms with Gasteiger partial charge in [0, 0.05) is 18.3 Å². The molecule has 114 valence electrons. The molecule has 0 amide bonds. The maximum absolute atomic E-state index is 6.22. The van der Waals surface area contributed by atoms with Gasteiger partial charge in [0.1, 0.15) is 5.02 Å². The van der Waals surface area contributed by atoms with Crippen molar-refractivity contribution in [2.45, 2.75) is 59.5 Å². The molecule has 4 heteroatoms. The molecule has 1 aromatic heterocycles. The highest BCUT2D eigenvalue weighted by molar-refractivity contribution is 6.31. The van der Waals surface area contributed by atoms with E-state index in [1.165, 1.54) is 6.42 Å². The zero-order valence-electron chi connectivity index (χ0n) is 13.3. The van der Waals surface area contributed by atoms with Crippen LogP contribution in [0.4, 0.5) is 0 Å². The minimum atomic E-state index is 0.0806. The molecule has 0 aliphatic carbocycles. The van der Waals surface area contributed by atoms with E-state index < -0.39 is 0 Å². The van der Waals surface area contributed by atoms with Crippen molar-refractivity contribution in [3.63, 3.8) is 0 Å². The Morgan fingerprint density at radius 2 is 2.10 bits per heavy atom. The van der Waals surface area contributed by atoms with Gasteiger partial charge >= 0.3 is 0 Å². The molecule has 1 N–H and O–H groups in total. The van der Waals surface area contributed by atoms with Gasteiger partial charge in [0.25, 0.3) is 0 Å². The molecule has 3 nitrogen and oxygen atoms in total. The van der Waals surface area contributed by atoms with Crippen molar-refractivity contribution in [3.8, 4) is 5.88 Å². The smallest absolute Gasteiger partial charge is 0.232 e. The number of halogens is 1. The Bertz CT molecular complexity index is 415. The van der Waals surface area contributed by atoms with Crippen molar-refractivity contribution < 1.29 is 4.74 Å². The van der Waals surface area contributed by atoms with Gasteiger partial charge in [-0.2, -0.15) is 0 Å². The van der Waals surface area contributed by atoms with Crippen molar-refractivity contribution in [1.82, 2.24) is 10.3 Å². The van der Waals surface area contributed by atoms with Gasteiger partial charge in [-0.1, -0.05) is 31.9 Å². The number of nitrogens with one attached hydrogen (secondary N) is 1. The highest BCUT2D eigenvalue weighted by Gasteiger charge is 2.11. The first-order chi connectivity index (χ1) is 9.31. The van der Waals surface area contributed by atoms with Crippen LogP contribution in [0.1, 0.15) is 53.0 Å². The molecule has 0 saturated carbocycles. The Kier molecular flexibility index (Phi) is 6.77. The summed E-state index contributed by atoms with van der Waals surface area (Å²) >= 11 is 6.22. The predicted molar refractivity (Wildman–Crippen MR) is 85.4 cm³/mol. The molecule has 0 radical (unpaired) electrons. The minimum absolute atomic E-state index is 0.0806. The standard InChI is InChI=1S/C16H27ClN2O/c1-6-7-12(2)11-20-15-14(17)8-13(9-18-15)10-19-16(3,4)5/h8-9,12,19H,6-7,10-11H2,1-5H3. The van der Waals surface area contributed by atoms with Crippen molar-refractivity contribution in [3.05, 3.63) is 22.8 Å². The summed E-state index contributed by atoms with van der Waals surface area (Å²) in [6, 6.07) is 1.92. The molecule has 0 aliphatic rings. The number of aromatic nitrogens is 1. The van der Waals surface area contributed by atoms with Crippen molar-refractivity contribution in [1.29, 1.82) is 0 Å². The predicted octanol–water partition coefficient (Wildman–Crippen LogP) is 4.44. The fourth-order valence-corrected chi connectivity index (χ4v) is 2.08. The van der Waals surface area contributed by atoms with Crippen LogP contribution < -0.4 is 10.1 Å². The molecular weight excluding hydrogens is 272 g/mol. The third-order valence-electron chi connectivity index (χ3n) is 2.97. The molecule has 1 unspecified atom stereocenters. The first-order valence-corrected chi connectivity index (χ1v) is 7.72. The highest BCUT2D eigenvalue weighted by atomic mass is 35.5. The second kappa shape index (κ2) is 7.84. The average Bonchev–Trinajstić information content (AvgIpc) is 2.34. The Labute approximate surface area is 128 Å². The number of pyridine rings is 1. The van der Waals surface area contributed by atoms with Gasteiger partial charge in [0.15, 0.2) is 0 Å². The van der Waals surface area contributed by atoms with E-state index in [0.717, 1.165) is 18.5 Å². The van der Waals surface area contributed by atoms with E-state index in [1.54, 1.807) is 0 Å². The first-order valence-electron chi connectivity index (χ1n) is 7.34. The third-order valence-corrected chi connectivity index (χ3v) is 3.24. The Morgan fingerprint density at radius 3 is 2.65 bits per heavy atom. The van der Waals surface area contributed by atoms with Crippen LogP contribution in [0.2, 0.25) is 5.02 Å². The zero-order chi connectivity index (χ0) is 15.2. The number of nitrogens with zero attached hydrogens (tertiary/aromatic N) is 1. The summed E-state index contributed by atoms with van der Waals surface area (Å²) in [4.78, 5) is 4.32. The molecule has 0 spiro atoms. The van der Waals surface area contributed by atoms with Crippen molar-refractivity contribution >= 4 is 11.6 Å². The van der Waals surface area contributed by atoms with Gasteiger partial charge in [0.05, 0.1) is 6.61 Å². The highest BCUT2D eigenvalue weighted by Crippen LogP contribution is 2.23. The molecule has 1 aromatic rings. The fourth-order valence-electron chi connectivity index (χ4n) is 1.83. The van der Waals surface area contributed by atoms with E-state index in [1.807, 2.05) is 12.3 Å². The van der Waals surface area contributed by atoms with E-state index in [2.05, 4.69) is 44.9 Å². The van der Waals surface area contributed by atoms with Crippen LogP contribution in [0.3, 0.4) is 0 Å². The van der Waals surface area contributed by atoms with Crippen LogP contribution in [0.25, 0.3) is 0 Å². The lowest BCUT2D eigenvalue weighted by Gasteiger charge is -2.20. The van der Waals surface area contributed by atoms with Crippen LogP contribution in [0.5, 0.6) is 5.88 Å². The SMILES string of the molecule is CCCC(C)COc1ncc(CNC(C)(C)C)cc1Cl. The minimum Gasteiger partial charge on any atom is -0.476 e. The summed E-state index contributed by atoms with van der Waals surface area (Å²) in [5.41, 5.74) is 1.15. The third kappa shape index (κ3) is 6.58. The van der Waals surface area contributed by atoms with Gasteiger partial charge in [-0.05, 0) is 44.7 Å². The maximum Gasteiger partial charge on any atom is 0.232 e. The number of hydrogen-bond acceptors (Lipinski definition) is 3. The average molecular weight is 299 g/mol. The fraction of sp³-hybridized carbons (Fsp3) is 0.688. The molecular formula is C16H27ClN2O. The number of ether oxygens (including phenoxy) is 1. The molecule has 0 fully saturated rings. The molecule has 0 aromatic carbocycles. The second-order valence-electron chi connectivity index (χ2n) is 6.44. The van der Waals surface area contributed by atoms with E-state index in [4.69, 9.17) is 16.3 Å². The molecule has 0 saturated heterocycles. The summed E-state index contributed by atoms with van der Waals surface area (Å²) in [6.07, 6.45) is 4.15. The molecule has 20 heavy (non-hydrogen) atoms. The van der Waals surface area contributed by atoms with Gasteiger partial charge in [-0.3, -0.25) is 0 Å². The Hall–Kier alpha value is -0.800. The van der Waals surface area contributed by atoms with E-state index in [0.29, 0.717) is 23.4 Å². The van der Waals surface area contributed by atoms with Crippen LogP contribution in [-0.4, -0.2) is 17.1 Å². The molecule has 0 aliphatic heterocycles. The molecule has 1 heterocycles. The molecule has 0 bridgehead atoms. The lowest BCUT2D eigenvalue weighted by atomic mass is 10.1. The normalized spacial score (nSPS) is 13.3. The van der Waals surface area contributed by atoms with Crippen LogP contribution >= 0.6 is 11.6 Å². The second-order valence-corrected chi connectivity index (χ2v) is 6.85. The monoisotopic (exact) mass is 298 g/mol. The van der Waals surface area contributed by atoms with Crippen LogP contribution in [-0.2, 0) is 6.54 Å². The number of hydrogen-bond donors (Lipinski definition) is 1. The quantitative estimate of drug-likeness (QED) is 0.808. The summed E-state index contributed by atoms with van der Waals surface area (Å²) in [6.45, 7) is 12.2. The zero-order valence-corrected chi connectivity index (χ0v) is 14.0. The lowest BCUT2D eigenvalue weighted by molar-refractivity contribution is 0.243. The largest absolute Gasteiger partial charge is 0.476 e. The van der Waals surface area contributed by atoms with Gasteiger partial charge < -0.3 is 10.1 Å². The van der Waals surface area contributed by atoms with Crippen molar-refractivity contribution in [2.75, 3.05) is 6.61 Å². The van der Waals surface area contributed by atoms with E-state index >= 15 is 0 Å². The summed E-state index contributed by atoms with van der Waals surface area (Å²) in [7, 11) is 0. The summed E-state index contributed by atoms with van der Waals surface area (Å²) in [5, 5.41) is 4.00. The Morgan fingerprint density at radius 1 is 1.40 bits per heavy atom. The first kappa shape index (κ1) is 17.3. The van der Waals surface area contributed by atoms with E-state index in [-0.39, 0.29) is 5.54 Å². The summed E-state index contributed by atoms with van der Waals surface area (Å²) < 4.78 is 5.69. The van der Waals surface area contributed by atoms with Crippen LogP contribution in [0, 0.1) is 5.92 Å². The van der Waals surface area contributed by atoms with Crippen LogP contribution in [0.15, 0.2) is 12.3 Å². The van der Waals surface area contributed by atoms with E-state index in [9.17, 15) is 0 Å².